The molecule has 0 radical (unpaired) electrons. The maximum Gasteiger partial charge on any atom is 0.433 e. The molecule has 1 aromatic rings. The standard InChI is InChI=1S/C18H22F3N3OS/c19-18(20,21)16-12-3-1-2-4-13(12)23-17(24-16)26-9-15(25)22-14-8-10-5-6-11(14)7-10/h10-11,14H,1-9H2,(H,22,25)/t10-,11-,14-/m0/s1. The molecule has 1 N–H and O–H groups in total. The molecule has 1 amide bonds. The first-order valence-corrected chi connectivity index (χ1v) is 10.3. The van der Waals surface area contributed by atoms with E-state index in [1.165, 1.54) is 19.3 Å². The molecular weight excluding hydrogens is 363 g/mol. The van der Waals surface area contributed by atoms with E-state index < -0.39 is 11.9 Å². The van der Waals surface area contributed by atoms with Gasteiger partial charge in [-0.2, -0.15) is 13.2 Å². The second-order valence-electron chi connectivity index (χ2n) is 7.62. The Balaban J connectivity index is 1.42. The molecule has 26 heavy (non-hydrogen) atoms. The summed E-state index contributed by atoms with van der Waals surface area (Å²) in [5.74, 6) is 1.23. The van der Waals surface area contributed by atoms with Crippen molar-refractivity contribution in [2.75, 3.05) is 5.75 Å². The van der Waals surface area contributed by atoms with Crippen LogP contribution in [0.4, 0.5) is 13.2 Å². The highest BCUT2D eigenvalue weighted by Crippen LogP contribution is 2.44. The van der Waals surface area contributed by atoms with Crippen molar-refractivity contribution in [2.24, 2.45) is 11.8 Å². The molecule has 142 valence electrons. The molecule has 0 aliphatic heterocycles. The monoisotopic (exact) mass is 385 g/mol. The number of halogens is 3. The quantitative estimate of drug-likeness (QED) is 0.633. The number of carbonyl (C=O) groups is 1. The van der Waals surface area contributed by atoms with Gasteiger partial charge in [-0.3, -0.25) is 4.79 Å². The summed E-state index contributed by atoms with van der Waals surface area (Å²) in [5.41, 5.74) is -0.0904. The Morgan fingerprint density at radius 1 is 1.15 bits per heavy atom. The molecule has 4 nitrogen and oxygen atoms in total. The van der Waals surface area contributed by atoms with Gasteiger partial charge in [-0.25, -0.2) is 9.97 Å². The summed E-state index contributed by atoms with van der Waals surface area (Å²) in [6.45, 7) is 0. The van der Waals surface area contributed by atoms with Crippen molar-refractivity contribution < 1.29 is 18.0 Å². The zero-order valence-corrected chi connectivity index (χ0v) is 15.3. The van der Waals surface area contributed by atoms with Crippen molar-refractivity contribution in [1.29, 1.82) is 0 Å². The molecule has 1 heterocycles. The summed E-state index contributed by atoms with van der Waals surface area (Å²) in [4.78, 5) is 20.3. The Kier molecular flexibility index (Phi) is 4.88. The number of hydrogen-bond donors (Lipinski definition) is 1. The number of thioether (sulfide) groups is 1. The number of aromatic nitrogens is 2. The average Bonchev–Trinajstić information content (AvgIpc) is 3.21. The van der Waals surface area contributed by atoms with Crippen molar-refractivity contribution in [3.63, 3.8) is 0 Å². The fourth-order valence-corrected chi connectivity index (χ4v) is 5.34. The molecular formula is C18H22F3N3OS. The normalized spacial score (nSPS) is 27.4. The largest absolute Gasteiger partial charge is 0.433 e. The molecule has 3 aliphatic carbocycles. The topological polar surface area (TPSA) is 54.9 Å². The maximum absolute atomic E-state index is 13.3. The van der Waals surface area contributed by atoms with Crippen LogP contribution in [-0.4, -0.2) is 27.7 Å². The molecule has 0 saturated heterocycles. The van der Waals surface area contributed by atoms with Crippen LogP contribution in [0.15, 0.2) is 5.16 Å². The van der Waals surface area contributed by atoms with Gasteiger partial charge in [0.05, 0.1) is 5.75 Å². The number of amides is 1. The third kappa shape index (κ3) is 3.70. The van der Waals surface area contributed by atoms with Gasteiger partial charge in [0, 0.05) is 17.3 Å². The molecule has 2 fully saturated rings. The molecule has 0 aromatic carbocycles. The van der Waals surface area contributed by atoms with Crippen LogP contribution in [0.5, 0.6) is 0 Å². The van der Waals surface area contributed by atoms with Crippen LogP contribution < -0.4 is 5.32 Å². The minimum atomic E-state index is -4.48. The number of carbonyl (C=O) groups excluding carboxylic acids is 1. The molecule has 2 saturated carbocycles. The van der Waals surface area contributed by atoms with Crippen LogP contribution in [-0.2, 0) is 23.8 Å². The first kappa shape index (κ1) is 18.1. The summed E-state index contributed by atoms with van der Waals surface area (Å²) < 4.78 is 40.0. The third-order valence-corrected chi connectivity index (χ3v) is 6.70. The third-order valence-electron chi connectivity index (χ3n) is 5.85. The Morgan fingerprint density at radius 3 is 2.65 bits per heavy atom. The van der Waals surface area contributed by atoms with Crippen LogP contribution in [0.25, 0.3) is 0 Å². The van der Waals surface area contributed by atoms with Crippen molar-refractivity contribution in [3.8, 4) is 0 Å². The van der Waals surface area contributed by atoms with Gasteiger partial charge in [0.15, 0.2) is 10.9 Å². The fourth-order valence-electron chi connectivity index (χ4n) is 4.67. The summed E-state index contributed by atoms with van der Waals surface area (Å²) in [6.07, 6.45) is 2.68. The van der Waals surface area contributed by atoms with Crippen molar-refractivity contribution in [2.45, 2.75) is 68.7 Å². The van der Waals surface area contributed by atoms with Crippen LogP contribution in [0.1, 0.15) is 55.5 Å². The Hall–Kier alpha value is -1.31. The van der Waals surface area contributed by atoms with Crippen LogP contribution in [0.3, 0.4) is 0 Å². The second-order valence-corrected chi connectivity index (χ2v) is 8.56. The highest BCUT2D eigenvalue weighted by molar-refractivity contribution is 7.99. The van der Waals surface area contributed by atoms with Gasteiger partial charge in [0.25, 0.3) is 0 Å². The van der Waals surface area contributed by atoms with Crippen molar-refractivity contribution in [3.05, 3.63) is 17.0 Å². The van der Waals surface area contributed by atoms with Crippen molar-refractivity contribution >= 4 is 17.7 Å². The van der Waals surface area contributed by atoms with E-state index in [0.29, 0.717) is 24.5 Å². The minimum Gasteiger partial charge on any atom is -0.352 e. The van der Waals surface area contributed by atoms with Crippen molar-refractivity contribution in [1.82, 2.24) is 15.3 Å². The van der Waals surface area contributed by atoms with Gasteiger partial charge < -0.3 is 5.32 Å². The lowest BCUT2D eigenvalue weighted by molar-refractivity contribution is -0.142. The fraction of sp³-hybridized carbons (Fsp3) is 0.722. The van der Waals surface area contributed by atoms with Crippen LogP contribution >= 0.6 is 11.8 Å². The lowest BCUT2D eigenvalue weighted by atomic mass is 9.94. The predicted octanol–water partition coefficient (Wildman–Crippen LogP) is 3.77. The van der Waals surface area contributed by atoms with E-state index in [1.54, 1.807) is 0 Å². The zero-order valence-electron chi connectivity index (χ0n) is 14.4. The molecule has 8 heteroatoms. The molecule has 1 aromatic heterocycles. The van der Waals surface area contributed by atoms with Gasteiger partial charge >= 0.3 is 6.18 Å². The van der Waals surface area contributed by atoms with E-state index in [9.17, 15) is 18.0 Å². The Labute approximate surface area is 154 Å². The highest BCUT2D eigenvalue weighted by Gasteiger charge is 2.40. The van der Waals surface area contributed by atoms with Gasteiger partial charge in [-0.05, 0) is 56.8 Å². The number of hydrogen-bond acceptors (Lipinski definition) is 4. The van der Waals surface area contributed by atoms with Gasteiger partial charge in [-0.1, -0.05) is 18.2 Å². The maximum atomic E-state index is 13.3. The molecule has 0 unspecified atom stereocenters. The Bertz CT molecular complexity index is 710. The number of rotatable bonds is 4. The summed E-state index contributed by atoms with van der Waals surface area (Å²) >= 11 is 1.00. The number of fused-ring (bicyclic) bond motifs is 3. The van der Waals surface area contributed by atoms with Gasteiger partial charge in [0.1, 0.15) is 0 Å². The van der Waals surface area contributed by atoms with E-state index in [2.05, 4.69) is 15.3 Å². The number of nitrogens with one attached hydrogen (secondary N) is 1. The minimum absolute atomic E-state index is 0.0565. The SMILES string of the molecule is O=C(CSc1nc2c(c(C(F)(F)F)n1)CCCC2)N[C@H]1C[C@H]2CC[C@H]1C2. The second kappa shape index (κ2) is 7.02. The van der Waals surface area contributed by atoms with E-state index in [4.69, 9.17) is 0 Å². The highest BCUT2D eigenvalue weighted by atomic mass is 32.2. The van der Waals surface area contributed by atoms with E-state index in [-0.39, 0.29) is 28.4 Å². The molecule has 2 bridgehead atoms. The molecule has 4 rings (SSSR count). The predicted molar refractivity (Wildman–Crippen MR) is 91.8 cm³/mol. The van der Waals surface area contributed by atoms with Gasteiger partial charge in [0.2, 0.25) is 5.91 Å². The first-order chi connectivity index (χ1) is 12.4. The van der Waals surface area contributed by atoms with Crippen LogP contribution in [0.2, 0.25) is 0 Å². The zero-order chi connectivity index (χ0) is 18.3. The summed E-state index contributed by atoms with van der Waals surface area (Å²) in [5, 5.41) is 3.11. The van der Waals surface area contributed by atoms with E-state index in [1.807, 2.05) is 0 Å². The smallest absolute Gasteiger partial charge is 0.352 e. The summed E-state index contributed by atoms with van der Waals surface area (Å²) in [6, 6.07) is 0.233. The number of aryl methyl sites for hydroxylation is 1. The van der Waals surface area contributed by atoms with Gasteiger partial charge in [-0.15, -0.1) is 0 Å². The number of alkyl halides is 3. The molecule has 3 aliphatic rings. The van der Waals surface area contributed by atoms with E-state index in [0.717, 1.165) is 36.9 Å². The lowest BCUT2D eigenvalue weighted by Gasteiger charge is -2.23. The molecule has 0 spiro atoms. The number of nitrogens with zero attached hydrogens (tertiary/aromatic N) is 2. The average molecular weight is 385 g/mol. The summed E-state index contributed by atoms with van der Waals surface area (Å²) in [7, 11) is 0. The van der Waals surface area contributed by atoms with E-state index >= 15 is 0 Å². The van der Waals surface area contributed by atoms with Crippen LogP contribution in [0, 0.1) is 11.8 Å². The Morgan fingerprint density at radius 2 is 1.96 bits per heavy atom. The lowest BCUT2D eigenvalue weighted by Crippen LogP contribution is -2.39. The molecule has 3 atom stereocenters. The first-order valence-electron chi connectivity index (χ1n) is 9.29.